The maximum Gasteiger partial charge on any atom is 0.142 e. The topological polar surface area (TPSA) is 64.1 Å². The van der Waals surface area contributed by atoms with Crippen LogP contribution in [0.15, 0.2) is 18.2 Å². The summed E-state index contributed by atoms with van der Waals surface area (Å²) in [4.78, 5) is 0. The third-order valence-electron chi connectivity index (χ3n) is 2.41. The Morgan fingerprint density at radius 3 is 2.67 bits per heavy atom. The molecule has 0 saturated carbocycles. The molecule has 2 rings (SSSR count). The molecule has 0 aliphatic carbocycles. The van der Waals surface area contributed by atoms with Crippen molar-refractivity contribution in [2.45, 2.75) is 6.54 Å². The summed E-state index contributed by atoms with van der Waals surface area (Å²) >= 11 is 5.46. The van der Waals surface area contributed by atoms with E-state index in [1.807, 2.05) is 0 Å². The Labute approximate surface area is 107 Å². The van der Waals surface area contributed by atoms with Gasteiger partial charge in [0.2, 0.25) is 0 Å². The molecule has 0 spiro atoms. The van der Waals surface area contributed by atoms with E-state index in [0.717, 1.165) is 12.1 Å². The van der Waals surface area contributed by atoms with Crippen LogP contribution in [0, 0.1) is 11.6 Å². The molecule has 18 heavy (non-hydrogen) atoms. The number of nitrogens with two attached hydrogens (primary N) is 1. The third-order valence-corrected chi connectivity index (χ3v) is 2.70. The van der Waals surface area contributed by atoms with Gasteiger partial charge in [-0.05, 0) is 12.1 Å². The summed E-state index contributed by atoms with van der Waals surface area (Å²) in [6.45, 7) is 0.0340. The van der Waals surface area contributed by atoms with Gasteiger partial charge in [-0.15, -0.1) is 0 Å². The Kier molecular flexibility index (Phi) is 3.49. The van der Waals surface area contributed by atoms with E-state index in [1.54, 1.807) is 0 Å². The number of nitrogens with zero attached hydrogens (tertiary/aromatic N) is 2. The first kappa shape index (κ1) is 12.8. The summed E-state index contributed by atoms with van der Waals surface area (Å²) in [5.41, 5.74) is 5.79. The molecule has 0 amide bonds. The van der Waals surface area contributed by atoms with Gasteiger partial charge < -0.3 is 10.8 Å². The van der Waals surface area contributed by atoms with Crippen LogP contribution >= 0.6 is 11.6 Å². The average Bonchev–Trinajstić information content (AvgIpc) is 2.66. The summed E-state index contributed by atoms with van der Waals surface area (Å²) in [5.74, 6) is -1.16. The second-order valence-electron chi connectivity index (χ2n) is 3.65. The molecule has 0 atom stereocenters. The van der Waals surface area contributed by atoms with E-state index >= 15 is 0 Å². The minimum atomic E-state index is -0.733. The molecule has 1 aromatic carbocycles. The van der Waals surface area contributed by atoms with E-state index in [0.29, 0.717) is 0 Å². The lowest BCUT2D eigenvalue weighted by Gasteiger charge is -2.02. The van der Waals surface area contributed by atoms with Gasteiger partial charge in [0.1, 0.15) is 17.5 Å². The van der Waals surface area contributed by atoms with Crippen LogP contribution in [0.5, 0.6) is 0 Å². The molecule has 0 saturated heterocycles. The molecular weight excluding hydrogens is 264 g/mol. The van der Waals surface area contributed by atoms with Crippen molar-refractivity contribution in [2.75, 3.05) is 12.3 Å². The van der Waals surface area contributed by atoms with E-state index in [2.05, 4.69) is 5.10 Å². The second-order valence-corrected chi connectivity index (χ2v) is 4.05. The molecule has 0 aliphatic heterocycles. The van der Waals surface area contributed by atoms with Crippen LogP contribution in [0.2, 0.25) is 5.02 Å². The summed E-state index contributed by atoms with van der Waals surface area (Å²) in [7, 11) is 0. The quantitative estimate of drug-likeness (QED) is 0.842. The molecule has 0 aliphatic rings. The molecule has 0 bridgehead atoms. The van der Waals surface area contributed by atoms with Gasteiger partial charge in [0, 0.05) is 11.6 Å². The predicted octanol–water partition coefficient (Wildman–Crippen LogP) is 2.06. The van der Waals surface area contributed by atoms with Gasteiger partial charge in [0.25, 0.3) is 0 Å². The first-order valence-electron chi connectivity index (χ1n) is 5.12. The molecule has 96 valence electrons. The molecule has 0 unspecified atom stereocenters. The number of halogens is 3. The number of benzene rings is 1. The molecular formula is C11H10ClF2N3O. The van der Waals surface area contributed by atoms with Crippen molar-refractivity contribution in [3.63, 3.8) is 0 Å². The van der Waals surface area contributed by atoms with Crippen molar-refractivity contribution < 1.29 is 13.9 Å². The highest BCUT2D eigenvalue weighted by Gasteiger charge is 2.14. The normalized spacial score (nSPS) is 10.9. The minimum absolute atomic E-state index is 0.0275. The molecule has 1 aromatic heterocycles. The summed E-state index contributed by atoms with van der Waals surface area (Å²) in [6.07, 6.45) is 0. The molecule has 4 nitrogen and oxygen atoms in total. The first-order valence-corrected chi connectivity index (χ1v) is 5.50. The van der Waals surface area contributed by atoms with E-state index in [4.69, 9.17) is 22.4 Å². The highest BCUT2D eigenvalue weighted by molar-refractivity contribution is 6.30. The Morgan fingerprint density at radius 2 is 2.00 bits per heavy atom. The fourth-order valence-electron chi connectivity index (χ4n) is 1.56. The molecule has 0 radical (unpaired) electrons. The standard InChI is InChI=1S/C11H10ClF2N3O/c12-7-4-8(13)6(3-9(7)14)10-5-11(15)17(16-10)1-2-18/h3-5,18H,1-2,15H2. The lowest BCUT2D eigenvalue weighted by atomic mass is 10.1. The van der Waals surface area contributed by atoms with Gasteiger partial charge in [0.15, 0.2) is 0 Å². The summed E-state index contributed by atoms with van der Waals surface area (Å²) in [5, 5.41) is 12.5. The van der Waals surface area contributed by atoms with Crippen molar-refractivity contribution in [3.8, 4) is 11.3 Å². The first-order chi connectivity index (χ1) is 8.52. The van der Waals surface area contributed by atoms with Gasteiger partial charge in [-0.1, -0.05) is 11.6 Å². The number of aliphatic hydroxyl groups is 1. The fraction of sp³-hybridized carbons (Fsp3) is 0.182. The number of nitrogen functional groups attached to an aromatic ring is 1. The van der Waals surface area contributed by atoms with Crippen molar-refractivity contribution in [3.05, 3.63) is 34.9 Å². The lowest BCUT2D eigenvalue weighted by Crippen LogP contribution is -2.07. The Hall–Kier alpha value is -1.66. The smallest absolute Gasteiger partial charge is 0.142 e. The van der Waals surface area contributed by atoms with Crippen LogP contribution in [0.1, 0.15) is 0 Å². The van der Waals surface area contributed by atoms with Crippen LogP contribution in [-0.2, 0) is 6.54 Å². The van der Waals surface area contributed by atoms with E-state index in [9.17, 15) is 8.78 Å². The van der Waals surface area contributed by atoms with Crippen LogP contribution in [-0.4, -0.2) is 21.5 Å². The van der Waals surface area contributed by atoms with E-state index < -0.39 is 11.6 Å². The van der Waals surface area contributed by atoms with Crippen molar-refractivity contribution >= 4 is 17.4 Å². The highest BCUT2D eigenvalue weighted by atomic mass is 35.5. The van der Waals surface area contributed by atoms with Crippen LogP contribution < -0.4 is 5.73 Å². The largest absolute Gasteiger partial charge is 0.394 e. The van der Waals surface area contributed by atoms with E-state index in [1.165, 1.54) is 10.7 Å². The average molecular weight is 274 g/mol. The predicted molar refractivity (Wildman–Crippen MR) is 64.1 cm³/mol. The third kappa shape index (κ3) is 2.30. The zero-order valence-corrected chi connectivity index (χ0v) is 9.96. The maximum atomic E-state index is 13.7. The maximum absolute atomic E-state index is 13.7. The number of anilines is 1. The van der Waals surface area contributed by atoms with Gasteiger partial charge in [-0.25, -0.2) is 13.5 Å². The lowest BCUT2D eigenvalue weighted by molar-refractivity contribution is 0.270. The molecule has 2 aromatic rings. The Bertz CT molecular complexity index is 586. The van der Waals surface area contributed by atoms with Crippen molar-refractivity contribution in [1.82, 2.24) is 9.78 Å². The zero-order chi connectivity index (χ0) is 13.3. The van der Waals surface area contributed by atoms with Gasteiger partial charge in [0.05, 0.1) is 23.9 Å². The number of aromatic nitrogens is 2. The molecule has 3 N–H and O–H groups in total. The van der Waals surface area contributed by atoms with E-state index in [-0.39, 0.29) is 35.2 Å². The van der Waals surface area contributed by atoms with Crippen molar-refractivity contribution in [1.29, 1.82) is 0 Å². The number of hydrogen-bond acceptors (Lipinski definition) is 3. The van der Waals surface area contributed by atoms with Crippen LogP contribution in [0.3, 0.4) is 0 Å². The van der Waals surface area contributed by atoms with Gasteiger partial charge in [-0.3, -0.25) is 0 Å². The van der Waals surface area contributed by atoms with Crippen molar-refractivity contribution in [2.24, 2.45) is 0 Å². The molecule has 0 fully saturated rings. The van der Waals surface area contributed by atoms with Gasteiger partial charge in [-0.2, -0.15) is 5.10 Å². The fourth-order valence-corrected chi connectivity index (χ4v) is 1.71. The highest BCUT2D eigenvalue weighted by Crippen LogP contribution is 2.27. The minimum Gasteiger partial charge on any atom is -0.394 e. The number of aliphatic hydroxyl groups excluding tert-OH is 1. The monoisotopic (exact) mass is 273 g/mol. The van der Waals surface area contributed by atoms with Crippen LogP contribution in [0.25, 0.3) is 11.3 Å². The molecule has 1 heterocycles. The number of rotatable bonds is 3. The molecule has 7 heteroatoms. The second kappa shape index (κ2) is 4.91. The Balaban J connectivity index is 2.48. The summed E-state index contributed by atoms with van der Waals surface area (Å²) < 4.78 is 28.3. The SMILES string of the molecule is Nc1cc(-c2cc(F)c(Cl)cc2F)nn1CCO. The summed E-state index contributed by atoms with van der Waals surface area (Å²) in [6, 6.07) is 3.25. The Morgan fingerprint density at radius 1 is 1.28 bits per heavy atom. The number of hydrogen-bond donors (Lipinski definition) is 2. The van der Waals surface area contributed by atoms with Crippen LogP contribution in [0.4, 0.5) is 14.6 Å². The zero-order valence-electron chi connectivity index (χ0n) is 9.20. The van der Waals surface area contributed by atoms with Gasteiger partial charge >= 0.3 is 0 Å².